The zero-order valence-corrected chi connectivity index (χ0v) is 20.1. The highest BCUT2D eigenvalue weighted by molar-refractivity contribution is 5.79. The van der Waals surface area contributed by atoms with Crippen LogP contribution in [0.3, 0.4) is 0 Å². The minimum absolute atomic E-state index is 0.0148. The molecule has 0 saturated heterocycles. The molecule has 0 aromatic heterocycles. The van der Waals surface area contributed by atoms with Crippen LogP contribution in [0.5, 0.6) is 0 Å². The maximum atomic E-state index is 12.5. The second-order valence-electron chi connectivity index (χ2n) is 8.98. The van der Waals surface area contributed by atoms with Crippen molar-refractivity contribution in [1.82, 2.24) is 10.2 Å². The molecule has 2 aromatic rings. The lowest BCUT2D eigenvalue weighted by Gasteiger charge is -2.27. The SMILES string of the molecule is CCN(C(=O)CCC(C)CNC(=O)OCC1c2ccccc2-c2ccccc21)C(C)CC(=O)O. The number of hydrogen-bond acceptors (Lipinski definition) is 4. The summed E-state index contributed by atoms with van der Waals surface area (Å²) < 4.78 is 5.56. The van der Waals surface area contributed by atoms with Gasteiger partial charge in [-0.2, -0.15) is 0 Å². The number of hydrogen-bond donors (Lipinski definition) is 2. The van der Waals surface area contributed by atoms with E-state index in [4.69, 9.17) is 9.84 Å². The first-order valence-corrected chi connectivity index (χ1v) is 11.9. The third-order valence-corrected chi connectivity index (χ3v) is 6.45. The summed E-state index contributed by atoms with van der Waals surface area (Å²) in [6.07, 6.45) is 0.369. The van der Waals surface area contributed by atoms with E-state index in [0.29, 0.717) is 25.9 Å². The van der Waals surface area contributed by atoms with E-state index in [9.17, 15) is 14.4 Å². The maximum Gasteiger partial charge on any atom is 0.407 e. The number of fused-ring (bicyclic) bond motifs is 3. The molecule has 0 bridgehead atoms. The first-order valence-electron chi connectivity index (χ1n) is 11.9. The molecular formula is C27H34N2O5. The van der Waals surface area contributed by atoms with Crippen LogP contribution in [0.4, 0.5) is 4.79 Å². The Morgan fingerprint density at radius 3 is 2.18 bits per heavy atom. The van der Waals surface area contributed by atoms with Crippen LogP contribution >= 0.6 is 0 Å². The van der Waals surface area contributed by atoms with Gasteiger partial charge in [0.1, 0.15) is 6.61 Å². The molecule has 2 N–H and O–H groups in total. The molecule has 2 aromatic carbocycles. The first kappa shape index (κ1) is 25.3. The molecule has 182 valence electrons. The Bertz CT molecular complexity index is 976. The summed E-state index contributed by atoms with van der Waals surface area (Å²) in [4.78, 5) is 37.4. The summed E-state index contributed by atoms with van der Waals surface area (Å²) in [6, 6.07) is 16.1. The minimum Gasteiger partial charge on any atom is -0.481 e. The molecule has 0 radical (unpaired) electrons. The second-order valence-corrected chi connectivity index (χ2v) is 8.98. The highest BCUT2D eigenvalue weighted by Gasteiger charge is 2.29. The topological polar surface area (TPSA) is 95.9 Å². The quantitative estimate of drug-likeness (QED) is 0.502. The number of carboxylic acid groups (broad SMARTS) is 1. The fraction of sp³-hybridized carbons (Fsp3) is 0.444. The summed E-state index contributed by atoms with van der Waals surface area (Å²) >= 11 is 0. The van der Waals surface area contributed by atoms with Gasteiger partial charge in [0, 0.05) is 31.5 Å². The van der Waals surface area contributed by atoms with Crippen LogP contribution in [0.2, 0.25) is 0 Å². The van der Waals surface area contributed by atoms with Gasteiger partial charge in [0.05, 0.1) is 6.42 Å². The minimum atomic E-state index is -0.917. The molecule has 1 aliphatic rings. The molecule has 0 heterocycles. The third kappa shape index (κ3) is 6.16. The molecule has 34 heavy (non-hydrogen) atoms. The molecule has 0 fully saturated rings. The normalized spacial score (nSPS) is 14.0. The molecular weight excluding hydrogens is 432 g/mol. The van der Waals surface area contributed by atoms with Gasteiger partial charge in [0.25, 0.3) is 0 Å². The van der Waals surface area contributed by atoms with Gasteiger partial charge in [-0.15, -0.1) is 0 Å². The van der Waals surface area contributed by atoms with Crippen molar-refractivity contribution in [1.29, 1.82) is 0 Å². The van der Waals surface area contributed by atoms with E-state index >= 15 is 0 Å². The van der Waals surface area contributed by atoms with Crippen LogP contribution in [0, 0.1) is 5.92 Å². The first-order chi connectivity index (χ1) is 16.3. The number of amides is 2. The molecule has 1 aliphatic carbocycles. The molecule has 7 nitrogen and oxygen atoms in total. The van der Waals surface area contributed by atoms with Crippen molar-refractivity contribution >= 4 is 18.0 Å². The van der Waals surface area contributed by atoms with Crippen molar-refractivity contribution in [2.45, 2.75) is 52.0 Å². The number of carboxylic acids is 1. The van der Waals surface area contributed by atoms with E-state index in [-0.39, 0.29) is 36.8 Å². The Balaban J connectivity index is 1.44. The molecule has 2 unspecified atom stereocenters. The van der Waals surface area contributed by atoms with Gasteiger partial charge in [-0.25, -0.2) is 4.79 Å². The Morgan fingerprint density at radius 1 is 1.03 bits per heavy atom. The molecule has 2 amide bonds. The summed E-state index contributed by atoms with van der Waals surface area (Å²) in [6.45, 7) is 6.70. The number of aliphatic carboxylic acids is 1. The Kier molecular flexibility index (Phi) is 8.68. The number of alkyl carbamates (subject to hydrolysis) is 1. The summed E-state index contributed by atoms with van der Waals surface area (Å²) in [5.41, 5.74) is 4.70. The van der Waals surface area contributed by atoms with Crippen LogP contribution in [0.15, 0.2) is 48.5 Å². The summed E-state index contributed by atoms with van der Waals surface area (Å²) in [5, 5.41) is 11.8. The average molecular weight is 467 g/mol. The lowest BCUT2D eigenvalue weighted by molar-refractivity contribution is -0.140. The van der Waals surface area contributed by atoms with Crippen LogP contribution in [-0.2, 0) is 14.3 Å². The maximum absolute atomic E-state index is 12.5. The number of carbonyl (C=O) groups is 3. The predicted molar refractivity (Wildman–Crippen MR) is 131 cm³/mol. The molecule has 0 spiro atoms. The standard InChI is InChI=1S/C27H34N2O5/c1-4-29(19(3)15-26(31)32)25(30)14-13-18(2)16-28-27(33)34-17-24-22-11-7-5-9-20(22)21-10-6-8-12-23(21)24/h5-12,18-19,24H,4,13-17H2,1-3H3,(H,28,33)(H,31,32). The zero-order valence-electron chi connectivity index (χ0n) is 20.1. The lowest BCUT2D eigenvalue weighted by Crippen LogP contribution is -2.40. The van der Waals surface area contributed by atoms with Gasteiger partial charge in [0.2, 0.25) is 5.91 Å². The highest BCUT2D eigenvalue weighted by Crippen LogP contribution is 2.44. The van der Waals surface area contributed by atoms with Crippen molar-refractivity contribution in [3.05, 3.63) is 59.7 Å². The van der Waals surface area contributed by atoms with Crippen LogP contribution in [0.1, 0.15) is 57.1 Å². The van der Waals surface area contributed by atoms with Gasteiger partial charge in [-0.05, 0) is 48.4 Å². The van der Waals surface area contributed by atoms with E-state index < -0.39 is 12.1 Å². The Labute approximate surface area is 201 Å². The van der Waals surface area contributed by atoms with Crippen molar-refractivity contribution < 1.29 is 24.2 Å². The van der Waals surface area contributed by atoms with Crippen molar-refractivity contribution in [2.75, 3.05) is 19.7 Å². The number of ether oxygens (including phenoxy) is 1. The molecule has 0 aliphatic heterocycles. The van der Waals surface area contributed by atoms with E-state index in [1.54, 1.807) is 11.8 Å². The van der Waals surface area contributed by atoms with Gasteiger partial charge in [-0.3, -0.25) is 9.59 Å². The van der Waals surface area contributed by atoms with Gasteiger partial charge >= 0.3 is 12.1 Å². The molecule has 7 heteroatoms. The summed E-state index contributed by atoms with van der Waals surface area (Å²) in [5.74, 6) is -0.886. The molecule has 0 saturated carbocycles. The van der Waals surface area contributed by atoms with Crippen LogP contribution in [-0.4, -0.2) is 53.7 Å². The molecule has 3 rings (SSSR count). The average Bonchev–Trinajstić information content (AvgIpc) is 3.13. The molecule has 2 atom stereocenters. The fourth-order valence-corrected chi connectivity index (χ4v) is 4.62. The van der Waals surface area contributed by atoms with E-state index in [2.05, 4.69) is 29.6 Å². The fourth-order valence-electron chi connectivity index (χ4n) is 4.62. The summed E-state index contributed by atoms with van der Waals surface area (Å²) in [7, 11) is 0. The second kappa shape index (κ2) is 11.7. The van der Waals surface area contributed by atoms with Crippen molar-refractivity contribution in [3.63, 3.8) is 0 Å². The van der Waals surface area contributed by atoms with Crippen LogP contribution < -0.4 is 5.32 Å². The van der Waals surface area contributed by atoms with E-state index in [1.165, 1.54) is 22.3 Å². The lowest BCUT2D eigenvalue weighted by atomic mass is 9.98. The van der Waals surface area contributed by atoms with Gasteiger partial charge in [-0.1, -0.05) is 55.5 Å². The van der Waals surface area contributed by atoms with Crippen molar-refractivity contribution in [2.24, 2.45) is 5.92 Å². The smallest absolute Gasteiger partial charge is 0.407 e. The van der Waals surface area contributed by atoms with Crippen molar-refractivity contribution in [3.8, 4) is 11.1 Å². The Morgan fingerprint density at radius 2 is 1.62 bits per heavy atom. The van der Waals surface area contributed by atoms with Gasteiger partial charge in [0.15, 0.2) is 0 Å². The van der Waals surface area contributed by atoms with E-state index in [1.807, 2.05) is 38.1 Å². The van der Waals surface area contributed by atoms with Gasteiger partial charge < -0.3 is 20.1 Å². The predicted octanol–water partition coefficient (Wildman–Crippen LogP) is 4.65. The Hall–Kier alpha value is -3.35. The monoisotopic (exact) mass is 466 g/mol. The van der Waals surface area contributed by atoms with Crippen LogP contribution in [0.25, 0.3) is 11.1 Å². The number of rotatable bonds is 11. The highest BCUT2D eigenvalue weighted by atomic mass is 16.5. The number of nitrogens with one attached hydrogen (secondary N) is 1. The zero-order chi connectivity index (χ0) is 24.7. The number of nitrogens with zero attached hydrogens (tertiary/aromatic N) is 1. The number of carbonyl (C=O) groups excluding carboxylic acids is 2. The number of benzene rings is 2. The third-order valence-electron chi connectivity index (χ3n) is 6.45. The van der Waals surface area contributed by atoms with E-state index in [0.717, 1.165) is 0 Å². The largest absolute Gasteiger partial charge is 0.481 e.